The van der Waals surface area contributed by atoms with Gasteiger partial charge in [0.25, 0.3) is 0 Å². The summed E-state index contributed by atoms with van der Waals surface area (Å²) in [6.07, 6.45) is -14.6. The molecule has 2 saturated heterocycles. The van der Waals surface area contributed by atoms with Crippen LogP contribution in [0, 0.1) is 0 Å². The number of hydrogen-bond acceptors (Lipinski definition) is 14. The third-order valence-corrected chi connectivity index (χ3v) is 7.33. The molecule has 2 aromatic carbocycles. The van der Waals surface area contributed by atoms with E-state index in [1.807, 2.05) is 0 Å². The Hall–Kier alpha value is -3.31. The third-order valence-electron chi connectivity index (χ3n) is 7.33. The normalized spacial score (nSPS) is 32.5. The Morgan fingerprint density at radius 2 is 1.20 bits per heavy atom. The molecule has 0 radical (unpaired) electrons. The lowest BCUT2D eigenvalue weighted by molar-refractivity contribution is -0.231. The van der Waals surface area contributed by atoms with Crippen molar-refractivity contribution in [2.75, 3.05) is 13.2 Å². The van der Waals surface area contributed by atoms with Gasteiger partial charge in [0.15, 0.2) is 5.58 Å². The summed E-state index contributed by atoms with van der Waals surface area (Å²) in [4.78, 5) is 14.0. The second kappa shape index (κ2) is 10.6. The van der Waals surface area contributed by atoms with Crippen molar-refractivity contribution >= 4 is 11.0 Å². The fourth-order valence-electron chi connectivity index (χ4n) is 5.21. The van der Waals surface area contributed by atoms with E-state index in [0.29, 0.717) is 0 Å². The Balaban J connectivity index is 1.82. The Bertz CT molecular complexity index is 1450. The molecular formula is C26H28O14. The molecule has 2 aliphatic heterocycles. The second-order valence-corrected chi connectivity index (χ2v) is 9.76. The summed E-state index contributed by atoms with van der Waals surface area (Å²) in [5.74, 6) is -1.93. The molecule has 10 N–H and O–H groups in total. The van der Waals surface area contributed by atoms with Crippen LogP contribution in [0.25, 0.3) is 22.3 Å². The van der Waals surface area contributed by atoms with Crippen LogP contribution < -0.4 is 5.43 Å². The molecule has 216 valence electrons. The third kappa shape index (κ3) is 4.39. The largest absolute Gasteiger partial charge is 0.508 e. The number of phenolic OH excluding ortho intramolecular Hbond substituents is 3. The van der Waals surface area contributed by atoms with Crippen molar-refractivity contribution in [3.05, 3.63) is 51.7 Å². The number of fused-ring (bicyclic) bond motifs is 1. The smallest absolute Gasteiger partial charge is 0.203 e. The lowest BCUT2D eigenvalue weighted by Crippen LogP contribution is -2.55. The van der Waals surface area contributed by atoms with E-state index in [1.54, 1.807) is 0 Å². The highest BCUT2D eigenvalue weighted by atomic mass is 16.6. The molecular weight excluding hydrogens is 536 g/mol. The molecule has 9 atom stereocenters. The van der Waals surface area contributed by atoms with Crippen molar-refractivity contribution in [1.29, 1.82) is 0 Å². The number of hydrogen-bond donors (Lipinski definition) is 10. The summed E-state index contributed by atoms with van der Waals surface area (Å²) in [7, 11) is 0. The standard InChI is InChI=1S/C26H28O14/c27-6-12-17(32)20(35)22(37)25(38-12)15-11(31)5-10(30)14-19(34)16(26-21(36)18(33)13(7-28)39-26)23(40-24(14)15)8-1-3-9(29)4-2-8/h1-5,12-13,17-18,20-22,25-33,35-37H,6-7H2/t12-,13+,17+,18+,20+,21-,22-,25+,26+/m1/s1. The second-order valence-electron chi connectivity index (χ2n) is 9.76. The Kier molecular flexibility index (Phi) is 7.47. The first-order valence-corrected chi connectivity index (χ1v) is 12.3. The molecule has 0 unspecified atom stereocenters. The minimum absolute atomic E-state index is 0.140. The lowest BCUT2D eigenvalue weighted by atomic mass is 9.89. The van der Waals surface area contributed by atoms with E-state index in [9.17, 15) is 55.9 Å². The summed E-state index contributed by atoms with van der Waals surface area (Å²) in [5, 5.41) is 102. The van der Waals surface area contributed by atoms with Crippen LogP contribution in [0.15, 0.2) is 39.5 Å². The molecule has 2 fully saturated rings. The van der Waals surface area contributed by atoms with Crippen LogP contribution in [0.5, 0.6) is 17.2 Å². The van der Waals surface area contributed by atoms with Crippen LogP contribution in [0.4, 0.5) is 0 Å². The molecule has 0 saturated carbocycles. The summed E-state index contributed by atoms with van der Waals surface area (Å²) in [5.41, 5.74) is -2.13. The number of benzene rings is 2. The van der Waals surface area contributed by atoms with Gasteiger partial charge < -0.3 is 65.0 Å². The average molecular weight is 564 g/mol. The Labute approximate surface area is 224 Å². The number of phenols is 3. The van der Waals surface area contributed by atoms with Gasteiger partial charge in [-0.2, -0.15) is 0 Å². The summed E-state index contributed by atoms with van der Waals surface area (Å²) in [6.45, 7) is -1.47. The van der Waals surface area contributed by atoms with Crippen molar-refractivity contribution in [3.63, 3.8) is 0 Å². The van der Waals surface area contributed by atoms with Gasteiger partial charge in [0.05, 0.1) is 24.3 Å². The average Bonchev–Trinajstić information content (AvgIpc) is 3.21. The molecule has 1 aromatic heterocycles. The molecule has 0 spiro atoms. The van der Waals surface area contributed by atoms with Crippen LogP contribution in [0.3, 0.4) is 0 Å². The van der Waals surface area contributed by atoms with Gasteiger partial charge in [0.2, 0.25) is 5.43 Å². The van der Waals surface area contributed by atoms with E-state index < -0.39 is 102 Å². The van der Waals surface area contributed by atoms with Crippen LogP contribution in [-0.4, -0.2) is 107 Å². The van der Waals surface area contributed by atoms with Gasteiger partial charge in [-0.15, -0.1) is 0 Å². The number of ether oxygens (including phenoxy) is 2. The van der Waals surface area contributed by atoms with E-state index in [1.165, 1.54) is 24.3 Å². The van der Waals surface area contributed by atoms with E-state index in [2.05, 4.69) is 0 Å². The zero-order valence-electron chi connectivity index (χ0n) is 20.6. The number of rotatable bonds is 5. The predicted octanol–water partition coefficient (Wildman–Crippen LogP) is -1.75. The van der Waals surface area contributed by atoms with Crippen molar-refractivity contribution < 1.29 is 65.0 Å². The van der Waals surface area contributed by atoms with E-state index in [4.69, 9.17) is 13.9 Å². The zero-order chi connectivity index (χ0) is 29.0. The predicted molar refractivity (Wildman–Crippen MR) is 132 cm³/mol. The topological polar surface area (TPSA) is 251 Å². The maximum Gasteiger partial charge on any atom is 0.203 e. The molecule has 0 aliphatic carbocycles. The minimum atomic E-state index is -1.89. The first-order valence-electron chi connectivity index (χ1n) is 12.3. The minimum Gasteiger partial charge on any atom is -0.508 e. The quantitative estimate of drug-likeness (QED) is 0.165. The summed E-state index contributed by atoms with van der Waals surface area (Å²) in [6, 6.07) is 5.98. The van der Waals surface area contributed by atoms with Gasteiger partial charge in [0, 0.05) is 11.6 Å². The molecule has 0 bridgehead atoms. The highest BCUT2D eigenvalue weighted by Crippen LogP contribution is 2.46. The summed E-state index contributed by atoms with van der Waals surface area (Å²) < 4.78 is 17.2. The molecule has 40 heavy (non-hydrogen) atoms. The molecule has 3 heterocycles. The van der Waals surface area contributed by atoms with Crippen molar-refractivity contribution in [3.8, 4) is 28.6 Å². The molecule has 14 nitrogen and oxygen atoms in total. The Morgan fingerprint density at radius 3 is 1.75 bits per heavy atom. The highest BCUT2D eigenvalue weighted by molar-refractivity contribution is 5.90. The molecule has 2 aliphatic rings. The van der Waals surface area contributed by atoms with Gasteiger partial charge >= 0.3 is 0 Å². The van der Waals surface area contributed by atoms with Crippen LogP contribution in [0.2, 0.25) is 0 Å². The summed E-state index contributed by atoms with van der Waals surface area (Å²) >= 11 is 0. The van der Waals surface area contributed by atoms with E-state index >= 15 is 0 Å². The van der Waals surface area contributed by atoms with Gasteiger partial charge in [-0.05, 0) is 24.3 Å². The van der Waals surface area contributed by atoms with Crippen LogP contribution in [0.1, 0.15) is 23.3 Å². The van der Waals surface area contributed by atoms with Crippen molar-refractivity contribution in [2.45, 2.75) is 54.9 Å². The Morgan fingerprint density at radius 1 is 0.675 bits per heavy atom. The van der Waals surface area contributed by atoms with E-state index in [-0.39, 0.29) is 22.6 Å². The van der Waals surface area contributed by atoms with Crippen molar-refractivity contribution in [1.82, 2.24) is 0 Å². The van der Waals surface area contributed by atoms with Crippen LogP contribution >= 0.6 is 0 Å². The van der Waals surface area contributed by atoms with Crippen LogP contribution in [-0.2, 0) is 9.47 Å². The zero-order valence-corrected chi connectivity index (χ0v) is 20.6. The molecule has 0 amide bonds. The fraction of sp³-hybridized carbons (Fsp3) is 0.423. The fourth-order valence-corrected chi connectivity index (χ4v) is 5.21. The molecule has 14 heteroatoms. The molecule has 3 aromatic rings. The SMILES string of the molecule is O=c1c([C@@H]2O[C@@H](CO)[C@H](O)[C@H]2O)c(-c2ccc(O)cc2)oc2c([C@@H]3O[C@H](CO)[C@H](O)[C@H](O)[C@H]3O)c(O)cc(O)c12. The highest BCUT2D eigenvalue weighted by Gasteiger charge is 2.48. The lowest BCUT2D eigenvalue weighted by Gasteiger charge is -2.40. The van der Waals surface area contributed by atoms with Gasteiger partial charge in [-0.25, -0.2) is 0 Å². The number of aliphatic hydroxyl groups excluding tert-OH is 7. The van der Waals surface area contributed by atoms with Gasteiger partial charge in [0.1, 0.15) is 83.3 Å². The van der Waals surface area contributed by atoms with Gasteiger partial charge in [-0.1, -0.05) is 0 Å². The maximum atomic E-state index is 14.0. The number of aliphatic hydroxyl groups is 7. The first kappa shape index (κ1) is 28.2. The van der Waals surface area contributed by atoms with Gasteiger partial charge in [-0.3, -0.25) is 4.79 Å². The monoisotopic (exact) mass is 564 g/mol. The van der Waals surface area contributed by atoms with E-state index in [0.717, 1.165) is 6.07 Å². The first-order chi connectivity index (χ1) is 19.0. The molecule has 5 rings (SSSR count). The van der Waals surface area contributed by atoms with Crippen molar-refractivity contribution in [2.24, 2.45) is 0 Å². The number of aromatic hydroxyl groups is 3. The maximum absolute atomic E-state index is 14.0.